The second-order valence-electron chi connectivity index (χ2n) is 4.76. The Bertz CT molecular complexity index is 692. The summed E-state index contributed by atoms with van der Waals surface area (Å²) in [5.74, 6) is 1.36. The van der Waals surface area contributed by atoms with Crippen molar-refractivity contribution in [2.75, 3.05) is 6.54 Å². The highest BCUT2D eigenvalue weighted by molar-refractivity contribution is 7.89. The SMILES string of the molecule is CCNCc1cccc(S(=O)(=O)NCc2ccc(C)o2)c1. The van der Waals surface area contributed by atoms with Gasteiger partial charge in [-0.25, -0.2) is 13.1 Å². The lowest BCUT2D eigenvalue weighted by Crippen LogP contribution is -2.23. The first-order valence-electron chi connectivity index (χ1n) is 6.86. The minimum atomic E-state index is -3.53. The summed E-state index contributed by atoms with van der Waals surface area (Å²) in [6, 6.07) is 10.5. The highest BCUT2D eigenvalue weighted by Crippen LogP contribution is 2.13. The molecule has 0 aliphatic carbocycles. The maximum Gasteiger partial charge on any atom is 0.240 e. The topological polar surface area (TPSA) is 71.3 Å². The Kier molecular flexibility index (Phi) is 5.17. The predicted molar refractivity (Wildman–Crippen MR) is 81.3 cm³/mol. The summed E-state index contributed by atoms with van der Waals surface area (Å²) < 4.78 is 32.4. The molecule has 2 rings (SSSR count). The van der Waals surface area contributed by atoms with Gasteiger partial charge in [-0.15, -0.1) is 0 Å². The number of hydrogen-bond donors (Lipinski definition) is 2. The van der Waals surface area contributed by atoms with Crippen molar-refractivity contribution in [3.63, 3.8) is 0 Å². The van der Waals surface area contributed by atoms with Crippen LogP contribution < -0.4 is 10.0 Å². The Morgan fingerprint density at radius 1 is 1.14 bits per heavy atom. The van der Waals surface area contributed by atoms with E-state index in [4.69, 9.17) is 4.42 Å². The molecule has 1 heterocycles. The van der Waals surface area contributed by atoms with Crippen LogP contribution >= 0.6 is 0 Å². The highest BCUT2D eigenvalue weighted by Gasteiger charge is 2.14. The van der Waals surface area contributed by atoms with Gasteiger partial charge in [0.1, 0.15) is 11.5 Å². The van der Waals surface area contributed by atoms with Crippen LogP contribution in [-0.4, -0.2) is 15.0 Å². The number of hydrogen-bond acceptors (Lipinski definition) is 4. The van der Waals surface area contributed by atoms with Crippen LogP contribution in [0.3, 0.4) is 0 Å². The van der Waals surface area contributed by atoms with Gasteiger partial charge in [0, 0.05) is 6.54 Å². The zero-order chi connectivity index (χ0) is 15.3. The van der Waals surface area contributed by atoms with Crippen LogP contribution in [0.15, 0.2) is 45.7 Å². The molecule has 0 radical (unpaired) electrons. The Balaban J connectivity index is 2.08. The van der Waals surface area contributed by atoms with E-state index >= 15 is 0 Å². The maximum absolute atomic E-state index is 12.3. The van der Waals surface area contributed by atoms with Crippen molar-refractivity contribution in [2.45, 2.75) is 31.8 Å². The molecular formula is C15H20N2O3S. The van der Waals surface area contributed by atoms with Crippen LogP contribution in [0.5, 0.6) is 0 Å². The molecule has 0 amide bonds. The number of aryl methyl sites for hydroxylation is 1. The fourth-order valence-corrected chi connectivity index (χ4v) is 2.98. The maximum atomic E-state index is 12.3. The number of nitrogens with one attached hydrogen (secondary N) is 2. The molecule has 21 heavy (non-hydrogen) atoms. The number of sulfonamides is 1. The van der Waals surface area contributed by atoms with Crippen LogP contribution in [0.2, 0.25) is 0 Å². The van der Waals surface area contributed by atoms with E-state index in [2.05, 4.69) is 10.0 Å². The zero-order valence-electron chi connectivity index (χ0n) is 12.2. The van der Waals surface area contributed by atoms with Crippen LogP contribution in [0.4, 0.5) is 0 Å². The molecule has 2 aromatic rings. The van der Waals surface area contributed by atoms with Crippen LogP contribution in [0.1, 0.15) is 24.0 Å². The molecule has 6 heteroatoms. The fourth-order valence-electron chi connectivity index (χ4n) is 1.92. The molecule has 1 aromatic heterocycles. The first kappa shape index (κ1) is 15.8. The van der Waals surface area contributed by atoms with Crippen molar-refractivity contribution in [3.05, 3.63) is 53.5 Å². The van der Waals surface area contributed by atoms with Gasteiger partial charge in [0.25, 0.3) is 0 Å². The summed E-state index contributed by atoms with van der Waals surface area (Å²) in [7, 11) is -3.53. The van der Waals surface area contributed by atoms with Crippen molar-refractivity contribution in [2.24, 2.45) is 0 Å². The third-order valence-corrected chi connectivity index (χ3v) is 4.42. The molecule has 1 aromatic carbocycles. The average molecular weight is 308 g/mol. The lowest BCUT2D eigenvalue weighted by molar-refractivity contribution is 0.475. The third kappa shape index (κ3) is 4.42. The van der Waals surface area contributed by atoms with E-state index in [1.165, 1.54) is 0 Å². The molecule has 0 fully saturated rings. The monoisotopic (exact) mass is 308 g/mol. The third-order valence-electron chi connectivity index (χ3n) is 3.02. The van der Waals surface area contributed by atoms with Crippen LogP contribution in [0, 0.1) is 6.92 Å². The minimum Gasteiger partial charge on any atom is -0.465 e. The van der Waals surface area contributed by atoms with E-state index in [9.17, 15) is 8.42 Å². The largest absolute Gasteiger partial charge is 0.465 e. The molecule has 0 aliphatic heterocycles. The summed E-state index contributed by atoms with van der Waals surface area (Å²) in [6.45, 7) is 5.47. The molecule has 2 N–H and O–H groups in total. The van der Waals surface area contributed by atoms with E-state index in [-0.39, 0.29) is 11.4 Å². The van der Waals surface area contributed by atoms with Crippen LogP contribution in [-0.2, 0) is 23.1 Å². The van der Waals surface area contributed by atoms with Crippen molar-refractivity contribution in [3.8, 4) is 0 Å². The second kappa shape index (κ2) is 6.89. The summed E-state index contributed by atoms with van der Waals surface area (Å²) >= 11 is 0. The molecule has 0 aliphatic rings. The van der Waals surface area contributed by atoms with Gasteiger partial charge in [-0.3, -0.25) is 0 Å². The molecule has 114 valence electrons. The smallest absolute Gasteiger partial charge is 0.240 e. The Labute approximate surface area is 125 Å². The van der Waals surface area contributed by atoms with Crippen molar-refractivity contribution in [1.29, 1.82) is 0 Å². The predicted octanol–water partition coefficient (Wildman–Crippen LogP) is 2.18. The summed E-state index contributed by atoms with van der Waals surface area (Å²) in [4.78, 5) is 0.265. The molecule has 0 spiro atoms. The van der Waals surface area contributed by atoms with Gasteiger partial charge in [0.2, 0.25) is 10.0 Å². The lowest BCUT2D eigenvalue weighted by Gasteiger charge is -2.08. The molecule has 0 unspecified atom stereocenters. The number of rotatable bonds is 7. The fraction of sp³-hybridized carbons (Fsp3) is 0.333. The van der Waals surface area contributed by atoms with Gasteiger partial charge in [-0.2, -0.15) is 0 Å². The van der Waals surface area contributed by atoms with E-state index in [1.54, 1.807) is 30.3 Å². The Morgan fingerprint density at radius 3 is 2.62 bits per heavy atom. The standard InChI is InChI=1S/C15H20N2O3S/c1-3-16-10-13-5-4-6-15(9-13)21(18,19)17-11-14-8-7-12(2)20-14/h4-9,16-17H,3,10-11H2,1-2H3. The molecule has 0 saturated heterocycles. The molecular weight excluding hydrogens is 288 g/mol. The Morgan fingerprint density at radius 2 is 1.95 bits per heavy atom. The minimum absolute atomic E-state index is 0.146. The van der Waals surface area contributed by atoms with Crippen LogP contribution in [0.25, 0.3) is 0 Å². The molecule has 0 atom stereocenters. The molecule has 0 bridgehead atoms. The first-order valence-corrected chi connectivity index (χ1v) is 8.34. The summed E-state index contributed by atoms with van der Waals surface area (Å²) in [5.41, 5.74) is 0.938. The van der Waals surface area contributed by atoms with E-state index in [0.717, 1.165) is 17.9 Å². The average Bonchev–Trinajstić information content (AvgIpc) is 2.89. The van der Waals surface area contributed by atoms with E-state index in [0.29, 0.717) is 12.3 Å². The van der Waals surface area contributed by atoms with Gasteiger partial charge in [0.15, 0.2) is 0 Å². The Hall–Kier alpha value is -1.63. The van der Waals surface area contributed by atoms with Gasteiger partial charge in [-0.1, -0.05) is 19.1 Å². The second-order valence-corrected chi connectivity index (χ2v) is 6.53. The zero-order valence-corrected chi connectivity index (χ0v) is 13.0. The van der Waals surface area contributed by atoms with Crippen molar-refractivity contribution >= 4 is 10.0 Å². The highest BCUT2D eigenvalue weighted by atomic mass is 32.2. The van der Waals surface area contributed by atoms with E-state index < -0.39 is 10.0 Å². The molecule has 5 nitrogen and oxygen atoms in total. The van der Waals surface area contributed by atoms with Gasteiger partial charge in [-0.05, 0) is 43.3 Å². The first-order chi connectivity index (χ1) is 10.0. The normalized spacial score (nSPS) is 11.7. The lowest BCUT2D eigenvalue weighted by atomic mass is 10.2. The number of benzene rings is 1. The quantitative estimate of drug-likeness (QED) is 0.822. The summed E-state index contributed by atoms with van der Waals surface area (Å²) in [6.07, 6.45) is 0. The van der Waals surface area contributed by atoms with Gasteiger partial charge in [0.05, 0.1) is 11.4 Å². The number of furan rings is 1. The van der Waals surface area contributed by atoms with Gasteiger partial charge >= 0.3 is 0 Å². The van der Waals surface area contributed by atoms with Crippen molar-refractivity contribution < 1.29 is 12.8 Å². The van der Waals surface area contributed by atoms with Crippen molar-refractivity contribution in [1.82, 2.24) is 10.0 Å². The summed E-state index contributed by atoms with van der Waals surface area (Å²) in [5, 5.41) is 3.17. The van der Waals surface area contributed by atoms with E-state index in [1.807, 2.05) is 19.9 Å². The molecule has 0 saturated carbocycles. The van der Waals surface area contributed by atoms with Gasteiger partial charge < -0.3 is 9.73 Å².